The second-order valence-electron chi connectivity index (χ2n) is 8.77. The summed E-state index contributed by atoms with van der Waals surface area (Å²) in [5, 5.41) is 14.7. The number of aromatic nitrogens is 2. The van der Waals surface area contributed by atoms with Crippen molar-refractivity contribution in [3.05, 3.63) is 111 Å². The number of nitriles is 1. The first-order chi connectivity index (χ1) is 18.4. The van der Waals surface area contributed by atoms with Crippen LogP contribution in [0.2, 0.25) is 0 Å². The summed E-state index contributed by atoms with van der Waals surface area (Å²) < 4.78 is 6.91. The Bertz CT molecular complexity index is 1670. The van der Waals surface area contributed by atoms with Crippen molar-refractivity contribution in [3.8, 4) is 28.8 Å². The normalized spacial score (nSPS) is 14.0. The van der Waals surface area contributed by atoms with Crippen LogP contribution in [-0.2, 0) is 11.3 Å². The Morgan fingerprint density at radius 1 is 0.974 bits per heavy atom. The molecule has 4 aromatic rings. The molecule has 2 N–H and O–H groups in total. The number of amides is 3. The first-order valence-electron chi connectivity index (χ1n) is 11.8. The van der Waals surface area contributed by atoms with E-state index in [9.17, 15) is 14.4 Å². The third kappa shape index (κ3) is 4.47. The summed E-state index contributed by atoms with van der Waals surface area (Å²) in [6.07, 6.45) is 1.39. The average molecular weight is 506 g/mol. The molecule has 2 heterocycles. The standard InChI is InChI=1S/C29H23N5O4/c1-18-7-13-21(14-8-18)34-27(35)23(26(32-34)22-5-3-4-6-25(22)38-2)15-24-28(36)33(29(37)31-24)17-20-11-9-19(16-30)10-12-20/h3-15,32H,17H2,1-2H3,(H,31,37). The van der Waals surface area contributed by atoms with E-state index in [0.29, 0.717) is 33.8 Å². The highest BCUT2D eigenvalue weighted by Gasteiger charge is 2.34. The molecule has 188 valence electrons. The van der Waals surface area contributed by atoms with Gasteiger partial charge in [-0.3, -0.25) is 19.6 Å². The quantitative estimate of drug-likeness (QED) is 0.302. The number of para-hydroxylation sites is 1. The largest absolute Gasteiger partial charge is 0.496 e. The maximum Gasteiger partial charge on any atom is 0.329 e. The van der Waals surface area contributed by atoms with Gasteiger partial charge in [0.15, 0.2) is 0 Å². The Kier molecular flexibility index (Phi) is 6.37. The second kappa shape index (κ2) is 9.95. The van der Waals surface area contributed by atoms with Crippen molar-refractivity contribution in [1.29, 1.82) is 5.26 Å². The summed E-state index contributed by atoms with van der Waals surface area (Å²) in [6.45, 7) is 1.98. The van der Waals surface area contributed by atoms with Gasteiger partial charge in [-0.15, -0.1) is 0 Å². The summed E-state index contributed by atoms with van der Waals surface area (Å²) in [6, 6.07) is 22.7. The highest BCUT2D eigenvalue weighted by atomic mass is 16.5. The second-order valence-corrected chi connectivity index (χ2v) is 8.77. The zero-order chi connectivity index (χ0) is 26.8. The fourth-order valence-corrected chi connectivity index (χ4v) is 4.24. The summed E-state index contributed by atoms with van der Waals surface area (Å²) in [4.78, 5) is 40.6. The van der Waals surface area contributed by atoms with Crippen LogP contribution in [0.15, 0.2) is 83.3 Å². The molecule has 3 amide bonds. The van der Waals surface area contributed by atoms with E-state index in [1.165, 1.54) is 17.9 Å². The van der Waals surface area contributed by atoms with Crippen molar-refractivity contribution in [3.63, 3.8) is 0 Å². The van der Waals surface area contributed by atoms with E-state index in [-0.39, 0.29) is 17.8 Å². The van der Waals surface area contributed by atoms with Crippen LogP contribution in [-0.4, -0.2) is 33.7 Å². The van der Waals surface area contributed by atoms with Crippen molar-refractivity contribution < 1.29 is 14.3 Å². The molecule has 1 aromatic heterocycles. The Morgan fingerprint density at radius 3 is 2.37 bits per heavy atom. The molecule has 1 saturated heterocycles. The first kappa shape index (κ1) is 24.3. The summed E-state index contributed by atoms with van der Waals surface area (Å²) >= 11 is 0. The number of methoxy groups -OCH3 is 1. The lowest BCUT2D eigenvalue weighted by molar-refractivity contribution is -0.123. The molecule has 9 nitrogen and oxygen atoms in total. The SMILES string of the molecule is COc1ccccc1-c1[nH]n(-c2ccc(C)cc2)c(=O)c1C=C1NC(=O)N(Cc2ccc(C#N)cc2)C1=O. The fraction of sp³-hybridized carbons (Fsp3) is 0.103. The number of ether oxygens (including phenoxy) is 1. The number of hydrogen-bond donors (Lipinski definition) is 2. The highest BCUT2D eigenvalue weighted by molar-refractivity contribution is 6.14. The number of carbonyl (C=O) groups is 2. The van der Waals surface area contributed by atoms with E-state index < -0.39 is 17.5 Å². The van der Waals surface area contributed by atoms with Crippen molar-refractivity contribution in [2.45, 2.75) is 13.5 Å². The molecule has 0 bridgehead atoms. The zero-order valence-electron chi connectivity index (χ0n) is 20.7. The van der Waals surface area contributed by atoms with Crippen LogP contribution in [0.25, 0.3) is 23.0 Å². The zero-order valence-corrected chi connectivity index (χ0v) is 20.7. The third-order valence-electron chi connectivity index (χ3n) is 6.27. The van der Waals surface area contributed by atoms with E-state index in [1.807, 2.05) is 49.4 Å². The average Bonchev–Trinajstić information content (AvgIpc) is 3.40. The highest BCUT2D eigenvalue weighted by Crippen LogP contribution is 2.31. The number of aryl methyl sites for hydroxylation is 1. The molecule has 0 spiro atoms. The number of rotatable bonds is 6. The number of aromatic amines is 1. The fourth-order valence-electron chi connectivity index (χ4n) is 4.24. The molecule has 1 aliphatic heterocycles. The molecule has 5 rings (SSSR count). The molecule has 9 heteroatoms. The van der Waals surface area contributed by atoms with Crippen LogP contribution in [0.5, 0.6) is 5.75 Å². The minimum atomic E-state index is -0.598. The van der Waals surface area contributed by atoms with Crippen molar-refractivity contribution >= 4 is 18.0 Å². The number of nitrogens with zero attached hydrogens (tertiary/aromatic N) is 3. The molecule has 0 unspecified atom stereocenters. The Hall–Kier alpha value is -5.36. The molecular formula is C29H23N5O4. The molecule has 38 heavy (non-hydrogen) atoms. The van der Waals surface area contributed by atoms with Gasteiger partial charge in [0.2, 0.25) is 0 Å². The van der Waals surface area contributed by atoms with E-state index in [1.54, 1.807) is 36.4 Å². The number of carbonyl (C=O) groups excluding carboxylic acids is 2. The van der Waals surface area contributed by atoms with Gasteiger partial charge in [0.05, 0.1) is 42.2 Å². The number of hydrogen-bond acceptors (Lipinski definition) is 5. The van der Waals surface area contributed by atoms with Crippen LogP contribution < -0.4 is 15.6 Å². The van der Waals surface area contributed by atoms with E-state index in [4.69, 9.17) is 10.00 Å². The van der Waals surface area contributed by atoms with Crippen LogP contribution >= 0.6 is 0 Å². The molecule has 1 aliphatic rings. The number of H-pyrrole nitrogens is 1. The third-order valence-corrected chi connectivity index (χ3v) is 6.27. The van der Waals surface area contributed by atoms with Gasteiger partial charge in [-0.25, -0.2) is 9.48 Å². The summed E-state index contributed by atoms with van der Waals surface area (Å²) in [5.74, 6) is -0.0264. The maximum atomic E-state index is 13.6. The van der Waals surface area contributed by atoms with Crippen molar-refractivity contribution in [2.24, 2.45) is 0 Å². The number of imide groups is 1. The Labute approximate surface area is 218 Å². The van der Waals surface area contributed by atoms with Gasteiger partial charge >= 0.3 is 6.03 Å². The van der Waals surface area contributed by atoms with Gasteiger partial charge in [0, 0.05) is 5.56 Å². The van der Waals surface area contributed by atoms with E-state index in [0.717, 1.165) is 10.5 Å². The van der Waals surface area contributed by atoms with Gasteiger partial charge < -0.3 is 10.1 Å². The maximum absolute atomic E-state index is 13.6. The molecule has 3 aromatic carbocycles. The van der Waals surface area contributed by atoms with Crippen molar-refractivity contribution in [2.75, 3.05) is 7.11 Å². The summed E-state index contributed by atoms with van der Waals surface area (Å²) in [5.41, 5.74) is 3.66. The minimum Gasteiger partial charge on any atom is -0.496 e. The lowest BCUT2D eigenvalue weighted by Crippen LogP contribution is -2.30. The molecule has 0 aliphatic carbocycles. The first-order valence-corrected chi connectivity index (χ1v) is 11.8. The Balaban J connectivity index is 1.58. The molecule has 0 radical (unpaired) electrons. The van der Waals surface area contributed by atoms with Crippen molar-refractivity contribution in [1.82, 2.24) is 20.0 Å². The molecule has 1 fully saturated rings. The van der Waals surface area contributed by atoms with E-state index in [2.05, 4.69) is 10.4 Å². The summed E-state index contributed by atoms with van der Waals surface area (Å²) in [7, 11) is 1.54. The van der Waals surface area contributed by atoms with Crippen LogP contribution in [0.1, 0.15) is 22.3 Å². The Morgan fingerprint density at radius 2 is 1.68 bits per heavy atom. The number of nitrogens with one attached hydrogen (secondary N) is 2. The van der Waals surface area contributed by atoms with E-state index >= 15 is 0 Å². The number of urea groups is 1. The van der Waals surface area contributed by atoms with Crippen LogP contribution in [0, 0.1) is 18.3 Å². The molecular weight excluding hydrogens is 482 g/mol. The predicted octanol–water partition coefficient (Wildman–Crippen LogP) is 4.11. The van der Waals surface area contributed by atoms with Crippen LogP contribution in [0.3, 0.4) is 0 Å². The van der Waals surface area contributed by atoms with Gasteiger partial charge in [0.25, 0.3) is 11.5 Å². The van der Waals surface area contributed by atoms with Gasteiger partial charge in [-0.1, -0.05) is 42.0 Å². The lowest BCUT2D eigenvalue weighted by atomic mass is 10.1. The molecule has 0 atom stereocenters. The predicted molar refractivity (Wildman–Crippen MR) is 141 cm³/mol. The number of benzene rings is 3. The van der Waals surface area contributed by atoms with Gasteiger partial charge in [0.1, 0.15) is 11.4 Å². The lowest BCUT2D eigenvalue weighted by Gasteiger charge is -2.11. The monoisotopic (exact) mass is 505 g/mol. The van der Waals surface area contributed by atoms with Gasteiger partial charge in [-0.05, 0) is 55.0 Å². The minimum absolute atomic E-state index is 0.0213. The smallest absolute Gasteiger partial charge is 0.329 e. The molecule has 0 saturated carbocycles. The topological polar surface area (TPSA) is 120 Å². The van der Waals surface area contributed by atoms with Crippen LogP contribution in [0.4, 0.5) is 4.79 Å². The van der Waals surface area contributed by atoms with Gasteiger partial charge in [-0.2, -0.15) is 5.26 Å².